The Kier molecular flexibility index (Phi) is 13.3. The highest BCUT2D eigenvalue weighted by Gasteiger charge is 2.66. The summed E-state index contributed by atoms with van der Waals surface area (Å²) in [5.41, 5.74) is 1.92. The van der Waals surface area contributed by atoms with Crippen molar-refractivity contribution in [2.24, 2.45) is 94.7 Å². The second-order valence-corrected chi connectivity index (χ2v) is 23.3. The van der Waals surface area contributed by atoms with E-state index in [-0.39, 0.29) is 16.8 Å². The summed E-state index contributed by atoms with van der Waals surface area (Å²) in [6.07, 6.45) is 17.0. The van der Waals surface area contributed by atoms with Crippen molar-refractivity contribution in [3.63, 3.8) is 0 Å². The van der Waals surface area contributed by atoms with Crippen LogP contribution >= 0.6 is 15.9 Å². The molecule has 0 aromatic heterocycles. The van der Waals surface area contributed by atoms with Gasteiger partial charge in [-0.05, 0) is 160 Å². The van der Waals surface area contributed by atoms with Crippen molar-refractivity contribution < 1.29 is 9.53 Å². The first-order valence-electron chi connectivity index (χ1n) is 23.4. The molecule has 1 aromatic carbocycles. The number of ether oxygens (including phenoxy) is 1. The summed E-state index contributed by atoms with van der Waals surface area (Å²) >= 11 is 4.07. The average Bonchev–Trinajstić information content (AvgIpc) is 3.10. The maximum absolute atomic E-state index is 14.2. The highest BCUT2D eigenvalue weighted by molar-refractivity contribution is 9.10. The summed E-state index contributed by atoms with van der Waals surface area (Å²) in [4.78, 5) is 14.2. The monoisotopic (exact) mass is 807 g/mol. The smallest absolute Gasteiger partial charge is 0.163 e. The Labute approximate surface area is 342 Å². The molecule has 4 fully saturated rings. The maximum atomic E-state index is 14.2. The molecule has 1 heterocycles. The van der Waals surface area contributed by atoms with Crippen LogP contribution in [-0.4, -0.2) is 11.4 Å². The molecule has 2 nitrogen and oxygen atoms in total. The molecule has 1 aromatic rings. The highest BCUT2D eigenvalue weighted by Crippen LogP contribution is 2.69. The quantitative estimate of drug-likeness (QED) is 0.232. The first-order valence-corrected chi connectivity index (χ1v) is 24.2. The number of Topliss-reactive ketones (excluding diaryl/α,β-unsaturated/α-hetero) is 1. The van der Waals surface area contributed by atoms with Crippen LogP contribution in [0.3, 0.4) is 0 Å². The van der Waals surface area contributed by atoms with Crippen LogP contribution in [0.5, 0.6) is 5.75 Å². The van der Waals surface area contributed by atoms with Gasteiger partial charge in [-0.15, -0.1) is 0 Å². The number of ketones is 1. The van der Waals surface area contributed by atoms with Gasteiger partial charge in [-0.2, -0.15) is 0 Å². The van der Waals surface area contributed by atoms with Crippen LogP contribution in [0.2, 0.25) is 0 Å². The minimum atomic E-state index is -0.303. The molecular weight excluding hydrogens is 724 g/mol. The van der Waals surface area contributed by atoms with Crippen LogP contribution in [0.4, 0.5) is 0 Å². The van der Waals surface area contributed by atoms with Crippen molar-refractivity contribution in [2.75, 3.05) is 0 Å². The predicted molar refractivity (Wildman–Crippen MR) is 233 cm³/mol. The molecule has 0 spiro atoms. The first-order chi connectivity index (χ1) is 25.4. The van der Waals surface area contributed by atoms with Gasteiger partial charge in [0.25, 0.3) is 0 Å². The summed E-state index contributed by atoms with van der Waals surface area (Å²) in [5, 5.41) is 0. The van der Waals surface area contributed by atoms with Crippen molar-refractivity contribution >= 4 is 21.7 Å². The molecular formula is C51H83BrO2. The fourth-order valence-electron chi connectivity index (χ4n) is 14.8. The van der Waals surface area contributed by atoms with E-state index in [0.717, 1.165) is 34.0 Å². The molecule has 4 aliphatic carbocycles. The Morgan fingerprint density at radius 3 is 1.30 bits per heavy atom. The topological polar surface area (TPSA) is 26.3 Å². The molecule has 12 unspecified atom stereocenters. The lowest BCUT2D eigenvalue weighted by molar-refractivity contribution is -0.178. The molecule has 0 amide bonds. The third kappa shape index (κ3) is 7.84. The lowest BCUT2D eigenvalue weighted by Crippen LogP contribution is -2.67. The molecule has 4 saturated carbocycles. The van der Waals surface area contributed by atoms with E-state index in [1.54, 1.807) is 0 Å². The fourth-order valence-corrected chi connectivity index (χ4v) is 15.3. The molecule has 6 rings (SSSR count). The molecule has 5 aliphatic rings. The number of benzene rings is 1. The standard InChI is InChI=1S/C51H83BrO2/c1-29(2)39-18-14-33(9)22-44(39)50(45-23-34(10)15-19-40(45)30(3)4)28-51(46-24-35(11)16-20-41(46)31(5)6,47-25-36(12)17-21-42(47)32(7)8)54-49-43(37(13)53)26-38(52)27-48(49)50/h26-27,29-36,39-42,44-47H,14-25,28H2,1-13H3. The van der Waals surface area contributed by atoms with E-state index in [4.69, 9.17) is 4.74 Å². The molecule has 0 N–H and O–H groups in total. The normalized spacial score (nSPS) is 42.0. The first kappa shape index (κ1) is 42.8. The SMILES string of the molecule is CC(=O)c1cc(Br)cc2c1OC(C1CC(C)CCC1C(C)C)(C1CC(C)CCC1C(C)C)CC2(C1CC(C)CCC1C(C)C)C1CC(C)CCC1C(C)C. The lowest BCUT2D eigenvalue weighted by atomic mass is 9.42. The summed E-state index contributed by atoms with van der Waals surface area (Å²) in [6, 6.07) is 4.67. The second-order valence-electron chi connectivity index (χ2n) is 22.4. The van der Waals surface area contributed by atoms with Gasteiger partial charge in [0.2, 0.25) is 0 Å². The maximum Gasteiger partial charge on any atom is 0.163 e. The predicted octanol–water partition coefficient (Wildman–Crippen LogP) is 15.2. The van der Waals surface area contributed by atoms with E-state index in [1.807, 2.05) is 6.92 Å². The molecule has 3 heteroatoms. The molecule has 0 saturated heterocycles. The summed E-state index contributed by atoms with van der Waals surface area (Å²) < 4.78 is 9.41. The van der Waals surface area contributed by atoms with Crippen molar-refractivity contribution in [1.29, 1.82) is 0 Å². The third-order valence-electron chi connectivity index (χ3n) is 17.5. The summed E-state index contributed by atoms with van der Waals surface area (Å²) in [7, 11) is 0. The fraction of sp³-hybridized carbons (Fsp3) is 0.863. The van der Waals surface area contributed by atoms with Crippen LogP contribution in [0, 0.1) is 94.7 Å². The van der Waals surface area contributed by atoms with Crippen LogP contribution in [0.15, 0.2) is 16.6 Å². The van der Waals surface area contributed by atoms with Gasteiger partial charge in [0.15, 0.2) is 5.78 Å². The van der Waals surface area contributed by atoms with Crippen LogP contribution in [0.1, 0.15) is 189 Å². The van der Waals surface area contributed by atoms with Gasteiger partial charge in [0, 0.05) is 27.3 Å². The second kappa shape index (κ2) is 16.8. The van der Waals surface area contributed by atoms with Crippen LogP contribution in [0.25, 0.3) is 0 Å². The van der Waals surface area contributed by atoms with Gasteiger partial charge in [0.05, 0.1) is 5.56 Å². The number of rotatable bonds is 9. The van der Waals surface area contributed by atoms with Crippen molar-refractivity contribution in [2.45, 2.75) is 184 Å². The van der Waals surface area contributed by atoms with Crippen molar-refractivity contribution in [3.05, 3.63) is 27.7 Å². The third-order valence-corrected chi connectivity index (χ3v) is 17.9. The lowest BCUT2D eigenvalue weighted by Gasteiger charge is -2.66. The molecule has 306 valence electrons. The van der Waals surface area contributed by atoms with Gasteiger partial charge in [-0.3, -0.25) is 4.79 Å². The van der Waals surface area contributed by atoms with E-state index in [0.29, 0.717) is 82.9 Å². The van der Waals surface area contributed by atoms with Gasteiger partial charge >= 0.3 is 0 Å². The Morgan fingerprint density at radius 1 is 0.593 bits per heavy atom. The summed E-state index contributed by atoms with van der Waals surface area (Å²) in [5.74, 6) is 11.3. The van der Waals surface area contributed by atoms with Gasteiger partial charge in [-0.25, -0.2) is 0 Å². The largest absolute Gasteiger partial charge is 0.486 e. The number of halogens is 1. The molecule has 12 atom stereocenters. The number of fused-ring (bicyclic) bond motifs is 1. The zero-order valence-corrected chi connectivity index (χ0v) is 38.9. The minimum absolute atomic E-state index is 0.0563. The Hall–Kier alpha value is -0.830. The van der Waals surface area contributed by atoms with Crippen molar-refractivity contribution in [3.8, 4) is 5.75 Å². The Balaban J connectivity index is 1.79. The molecule has 0 bridgehead atoms. The van der Waals surface area contributed by atoms with E-state index in [9.17, 15) is 4.79 Å². The molecule has 1 aliphatic heterocycles. The highest BCUT2D eigenvalue weighted by atomic mass is 79.9. The van der Waals surface area contributed by atoms with Crippen LogP contribution in [-0.2, 0) is 5.41 Å². The van der Waals surface area contributed by atoms with Gasteiger partial charge in [-0.1, -0.05) is 125 Å². The number of carbonyl (C=O) groups excluding carboxylic acids is 1. The van der Waals surface area contributed by atoms with E-state index in [1.165, 1.54) is 82.6 Å². The van der Waals surface area contributed by atoms with Crippen LogP contribution < -0.4 is 4.74 Å². The van der Waals surface area contributed by atoms with Gasteiger partial charge < -0.3 is 4.74 Å². The van der Waals surface area contributed by atoms with E-state index >= 15 is 0 Å². The summed E-state index contributed by atoms with van der Waals surface area (Å²) in [6.45, 7) is 32.4. The average molecular weight is 808 g/mol. The van der Waals surface area contributed by atoms with E-state index < -0.39 is 0 Å². The zero-order valence-electron chi connectivity index (χ0n) is 37.3. The molecule has 54 heavy (non-hydrogen) atoms. The van der Waals surface area contributed by atoms with Gasteiger partial charge in [0.1, 0.15) is 11.4 Å². The minimum Gasteiger partial charge on any atom is -0.486 e. The Bertz CT molecular complexity index is 1370. The number of carbonyl (C=O) groups is 1. The Morgan fingerprint density at radius 2 is 0.944 bits per heavy atom. The number of hydrogen-bond donors (Lipinski definition) is 0. The van der Waals surface area contributed by atoms with Crippen molar-refractivity contribution in [1.82, 2.24) is 0 Å². The van der Waals surface area contributed by atoms with E-state index in [2.05, 4.69) is 111 Å². The zero-order chi connectivity index (χ0) is 39.4. The molecule has 0 radical (unpaired) electrons. The number of hydrogen-bond acceptors (Lipinski definition) is 2.